The minimum Gasteiger partial charge on any atom is -0.446 e. The number of hydrogen-bond donors (Lipinski definition) is 1. The quantitative estimate of drug-likeness (QED) is 0.522. The lowest BCUT2D eigenvalue weighted by molar-refractivity contribution is -0.113. The van der Waals surface area contributed by atoms with Crippen LogP contribution in [0.3, 0.4) is 0 Å². The molecule has 7 nitrogen and oxygen atoms in total. The minimum atomic E-state index is -0.163. The van der Waals surface area contributed by atoms with Gasteiger partial charge in [-0.15, -0.1) is 21.5 Å². The van der Waals surface area contributed by atoms with Crippen molar-refractivity contribution >= 4 is 49.9 Å². The van der Waals surface area contributed by atoms with Crippen LogP contribution in [0.4, 0.5) is 5.00 Å². The SMILES string of the molecule is CC1CCc2c(sc(NC(=O)CSc3nnc(-c4ccc(Br)o4)n3C)c2C#N)C1. The van der Waals surface area contributed by atoms with Crippen molar-refractivity contribution in [1.29, 1.82) is 5.26 Å². The number of thioether (sulfide) groups is 1. The monoisotopic (exact) mass is 491 g/mol. The van der Waals surface area contributed by atoms with Crippen LogP contribution >= 0.6 is 39.0 Å². The molecule has 1 aliphatic rings. The molecule has 1 amide bonds. The molecule has 0 spiro atoms. The Bertz CT molecular complexity index is 1110. The summed E-state index contributed by atoms with van der Waals surface area (Å²) in [7, 11) is 1.83. The molecule has 1 atom stereocenters. The van der Waals surface area contributed by atoms with Gasteiger partial charge < -0.3 is 14.3 Å². The highest BCUT2D eigenvalue weighted by Crippen LogP contribution is 2.39. The van der Waals surface area contributed by atoms with Crippen LogP contribution in [0.5, 0.6) is 0 Å². The van der Waals surface area contributed by atoms with Gasteiger partial charge in [0.2, 0.25) is 5.91 Å². The zero-order valence-electron chi connectivity index (χ0n) is 15.9. The second kappa shape index (κ2) is 8.34. The minimum absolute atomic E-state index is 0.163. The molecule has 0 fully saturated rings. The van der Waals surface area contributed by atoms with Crippen molar-refractivity contribution in [2.75, 3.05) is 11.1 Å². The molecular formula is C19H18BrN5O2S2. The van der Waals surface area contributed by atoms with Gasteiger partial charge in [-0.05, 0) is 58.8 Å². The normalized spacial score (nSPS) is 15.7. The van der Waals surface area contributed by atoms with Crippen LogP contribution in [0.25, 0.3) is 11.6 Å². The van der Waals surface area contributed by atoms with E-state index in [-0.39, 0.29) is 11.7 Å². The largest absolute Gasteiger partial charge is 0.446 e. The molecule has 150 valence electrons. The van der Waals surface area contributed by atoms with Gasteiger partial charge in [0, 0.05) is 11.9 Å². The molecule has 3 aromatic heterocycles. The van der Waals surface area contributed by atoms with Gasteiger partial charge in [0.25, 0.3) is 0 Å². The first-order valence-electron chi connectivity index (χ1n) is 9.08. The van der Waals surface area contributed by atoms with Gasteiger partial charge >= 0.3 is 0 Å². The summed E-state index contributed by atoms with van der Waals surface area (Å²) in [5.41, 5.74) is 1.74. The molecule has 0 bridgehead atoms. The molecule has 1 aliphatic carbocycles. The molecule has 0 aliphatic heterocycles. The Morgan fingerprint density at radius 3 is 3.07 bits per heavy atom. The number of fused-ring (bicyclic) bond motifs is 1. The zero-order chi connectivity index (χ0) is 20.5. The Balaban J connectivity index is 1.43. The summed E-state index contributed by atoms with van der Waals surface area (Å²) in [5, 5.41) is 22.1. The fourth-order valence-electron chi connectivity index (χ4n) is 3.34. The Morgan fingerprint density at radius 2 is 2.34 bits per heavy atom. The lowest BCUT2D eigenvalue weighted by atomic mass is 9.89. The smallest absolute Gasteiger partial charge is 0.235 e. The van der Waals surface area contributed by atoms with Crippen molar-refractivity contribution < 1.29 is 9.21 Å². The lowest BCUT2D eigenvalue weighted by Crippen LogP contribution is -2.14. The molecule has 1 unspecified atom stereocenters. The van der Waals surface area contributed by atoms with Gasteiger partial charge in [0.05, 0.1) is 11.3 Å². The maximum absolute atomic E-state index is 12.5. The molecule has 0 saturated carbocycles. The molecule has 1 N–H and O–H groups in total. The topological polar surface area (TPSA) is 96.7 Å². The predicted molar refractivity (Wildman–Crippen MR) is 116 cm³/mol. The van der Waals surface area contributed by atoms with Crippen LogP contribution in [0.2, 0.25) is 0 Å². The first-order chi connectivity index (χ1) is 14.0. The average Bonchev–Trinajstić information content (AvgIpc) is 3.36. The van der Waals surface area contributed by atoms with Gasteiger partial charge in [-0.25, -0.2) is 0 Å². The third kappa shape index (κ3) is 4.13. The lowest BCUT2D eigenvalue weighted by Gasteiger charge is -2.17. The molecule has 0 radical (unpaired) electrons. The third-order valence-corrected chi connectivity index (χ3v) is 7.45. The Labute approximate surface area is 184 Å². The maximum Gasteiger partial charge on any atom is 0.235 e. The van der Waals surface area contributed by atoms with Crippen molar-refractivity contribution in [3.8, 4) is 17.7 Å². The summed E-state index contributed by atoms with van der Waals surface area (Å²) in [6.07, 6.45) is 2.97. The van der Waals surface area contributed by atoms with E-state index in [9.17, 15) is 10.1 Å². The number of nitrogens with one attached hydrogen (secondary N) is 1. The number of nitrogens with zero attached hydrogens (tertiary/aromatic N) is 4. The van der Waals surface area contributed by atoms with E-state index in [1.165, 1.54) is 28.0 Å². The molecule has 3 aromatic rings. The predicted octanol–water partition coefficient (Wildman–Crippen LogP) is 4.63. The summed E-state index contributed by atoms with van der Waals surface area (Å²) in [5.74, 6) is 1.82. The van der Waals surface area contributed by atoms with Crippen molar-refractivity contribution in [2.45, 2.75) is 31.3 Å². The second-order valence-corrected chi connectivity index (χ2v) is 9.80. The van der Waals surface area contributed by atoms with E-state index in [0.717, 1.165) is 24.8 Å². The van der Waals surface area contributed by atoms with E-state index < -0.39 is 0 Å². The number of rotatable bonds is 5. The molecule has 4 rings (SSSR count). The number of carbonyl (C=O) groups is 1. The van der Waals surface area contributed by atoms with Gasteiger partial charge in [-0.1, -0.05) is 18.7 Å². The van der Waals surface area contributed by atoms with Crippen LogP contribution < -0.4 is 5.32 Å². The van der Waals surface area contributed by atoms with Crippen LogP contribution in [0.1, 0.15) is 29.3 Å². The summed E-state index contributed by atoms with van der Waals surface area (Å²) < 4.78 is 7.92. The molecule has 3 heterocycles. The summed E-state index contributed by atoms with van der Waals surface area (Å²) >= 11 is 6.10. The van der Waals surface area contributed by atoms with E-state index in [0.29, 0.717) is 37.9 Å². The number of amides is 1. The van der Waals surface area contributed by atoms with Crippen molar-refractivity contribution in [3.05, 3.63) is 32.8 Å². The fourth-order valence-corrected chi connectivity index (χ4v) is 5.73. The number of furan rings is 1. The van der Waals surface area contributed by atoms with Gasteiger partial charge in [-0.3, -0.25) is 4.79 Å². The standard InChI is InChI=1S/C19H18BrN5O2S2/c1-10-3-4-11-12(8-21)18(29-14(11)7-10)22-16(26)9-28-19-24-23-17(25(19)2)13-5-6-15(20)27-13/h5-6,10H,3-4,7,9H2,1-2H3,(H,22,26). The maximum atomic E-state index is 12.5. The van der Waals surface area contributed by atoms with E-state index in [1.807, 2.05) is 7.05 Å². The molecule has 0 aromatic carbocycles. The number of anilines is 1. The molecular weight excluding hydrogens is 474 g/mol. The van der Waals surface area contributed by atoms with Crippen LogP contribution in [-0.4, -0.2) is 26.4 Å². The first kappa shape index (κ1) is 20.2. The first-order valence-corrected chi connectivity index (χ1v) is 11.7. The Kier molecular flexibility index (Phi) is 5.81. The number of nitriles is 1. The number of aromatic nitrogens is 3. The van der Waals surface area contributed by atoms with Gasteiger partial charge in [-0.2, -0.15) is 5.26 Å². The van der Waals surface area contributed by atoms with E-state index in [1.54, 1.807) is 16.7 Å². The summed E-state index contributed by atoms with van der Waals surface area (Å²) in [4.78, 5) is 13.7. The van der Waals surface area contributed by atoms with Crippen LogP contribution in [0.15, 0.2) is 26.4 Å². The molecule has 10 heteroatoms. The second-order valence-electron chi connectivity index (χ2n) is 6.97. The summed E-state index contributed by atoms with van der Waals surface area (Å²) in [6, 6.07) is 5.87. The van der Waals surface area contributed by atoms with E-state index >= 15 is 0 Å². The Hall–Kier alpha value is -2.09. The van der Waals surface area contributed by atoms with Gasteiger partial charge in [0.1, 0.15) is 11.1 Å². The van der Waals surface area contributed by atoms with Crippen LogP contribution in [-0.2, 0) is 24.7 Å². The van der Waals surface area contributed by atoms with Crippen molar-refractivity contribution in [1.82, 2.24) is 14.8 Å². The highest BCUT2D eigenvalue weighted by molar-refractivity contribution is 9.10. The van der Waals surface area contributed by atoms with Crippen molar-refractivity contribution in [3.63, 3.8) is 0 Å². The zero-order valence-corrected chi connectivity index (χ0v) is 19.1. The molecule has 29 heavy (non-hydrogen) atoms. The number of halogens is 1. The Morgan fingerprint density at radius 1 is 1.52 bits per heavy atom. The average molecular weight is 492 g/mol. The third-order valence-electron chi connectivity index (χ3n) is 4.84. The highest BCUT2D eigenvalue weighted by Gasteiger charge is 2.25. The van der Waals surface area contributed by atoms with Crippen LogP contribution in [0, 0.1) is 17.2 Å². The highest BCUT2D eigenvalue weighted by atomic mass is 79.9. The number of thiophene rings is 1. The van der Waals surface area contributed by atoms with Gasteiger partial charge in [0.15, 0.2) is 21.4 Å². The van der Waals surface area contributed by atoms with E-state index in [2.05, 4.69) is 44.4 Å². The number of hydrogen-bond acceptors (Lipinski definition) is 7. The van der Waals surface area contributed by atoms with Crippen molar-refractivity contribution in [2.24, 2.45) is 13.0 Å². The summed E-state index contributed by atoms with van der Waals surface area (Å²) in [6.45, 7) is 2.22. The molecule has 0 saturated heterocycles. The fraction of sp³-hybridized carbons (Fsp3) is 0.368. The number of carbonyl (C=O) groups excluding carboxylic acids is 1. The van der Waals surface area contributed by atoms with E-state index in [4.69, 9.17) is 4.42 Å².